The quantitative estimate of drug-likeness (QED) is 0.434. The van der Waals surface area contributed by atoms with Crippen LogP contribution < -0.4 is 16.8 Å². The van der Waals surface area contributed by atoms with Gasteiger partial charge in [0.15, 0.2) is 0 Å². The first-order valence-electron chi connectivity index (χ1n) is 7.78. The van der Waals surface area contributed by atoms with Crippen LogP contribution in [0.4, 0.5) is 4.79 Å². The molecule has 0 aromatic heterocycles. The Balaban J connectivity index is 3.73. The van der Waals surface area contributed by atoms with E-state index in [2.05, 4.69) is 5.32 Å². The van der Waals surface area contributed by atoms with Crippen LogP contribution in [0.5, 0.6) is 0 Å². The summed E-state index contributed by atoms with van der Waals surface area (Å²) in [6.45, 7) is 10.7. The van der Waals surface area contributed by atoms with E-state index in [1.165, 1.54) is 4.90 Å². The van der Waals surface area contributed by atoms with Gasteiger partial charge in [-0.15, -0.1) is 0 Å². The van der Waals surface area contributed by atoms with Crippen LogP contribution in [0, 0.1) is 0 Å². The predicted octanol–water partition coefficient (Wildman–Crippen LogP) is 1.59. The number of unbranched alkanes of at least 4 members (excludes halogenated alkanes) is 1. The van der Waals surface area contributed by atoms with Crippen molar-refractivity contribution < 1.29 is 9.90 Å². The normalized spacial score (nSPS) is 12.5. The zero-order valence-corrected chi connectivity index (χ0v) is 14.1. The van der Waals surface area contributed by atoms with Crippen molar-refractivity contribution >= 4 is 6.09 Å². The van der Waals surface area contributed by atoms with Crippen LogP contribution >= 0.6 is 0 Å². The largest absolute Gasteiger partial charge is 0.465 e. The molecule has 0 aliphatic rings. The lowest BCUT2D eigenvalue weighted by Gasteiger charge is -2.24. The molecule has 0 aliphatic heterocycles. The summed E-state index contributed by atoms with van der Waals surface area (Å²) in [7, 11) is 0. The number of carbonyl (C=O) groups is 1. The van der Waals surface area contributed by atoms with Crippen LogP contribution in [0.3, 0.4) is 0 Å². The minimum atomic E-state index is -0.864. The molecule has 21 heavy (non-hydrogen) atoms. The van der Waals surface area contributed by atoms with Crippen molar-refractivity contribution in [1.29, 1.82) is 0 Å². The van der Waals surface area contributed by atoms with Crippen molar-refractivity contribution in [2.75, 3.05) is 26.2 Å². The smallest absolute Gasteiger partial charge is 0.407 e. The zero-order valence-electron chi connectivity index (χ0n) is 14.1. The molecule has 0 bridgehead atoms. The second kappa shape index (κ2) is 9.23. The summed E-state index contributed by atoms with van der Waals surface area (Å²) in [5.74, 6) is 0. The number of nitrogens with one attached hydrogen (secondary N) is 1. The summed E-state index contributed by atoms with van der Waals surface area (Å²) in [4.78, 5) is 12.6. The van der Waals surface area contributed by atoms with Crippen LogP contribution in [0.15, 0.2) is 0 Å². The fourth-order valence-corrected chi connectivity index (χ4v) is 1.81. The fraction of sp³-hybridized carbons (Fsp3) is 0.933. The van der Waals surface area contributed by atoms with E-state index in [4.69, 9.17) is 16.6 Å². The van der Waals surface area contributed by atoms with Gasteiger partial charge in [-0.25, -0.2) is 4.79 Å². The minimum absolute atomic E-state index is 0.137. The first kappa shape index (κ1) is 20.1. The van der Waals surface area contributed by atoms with Crippen molar-refractivity contribution in [3.8, 4) is 0 Å². The van der Waals surface area contributed by atoms with Crippen LogP contribution in [0.25, 0.3) is 0 Å². The molecule has 0 rings (SSSR count). The number of rotatable bonds is 11. The molecule has 0 saturated carbocycles. The van der Waals surface area contributed by atoms with E-state index in [1.54, 1.807) is 0 Å². The third-order valence-corrected chi connectivity index (χ3v) is 3.27. The van der Waals surface area contributed by atoms with Crippen molar-refractivity contribution in [2.24, 2.45) is 11.5 Å². The third-order valence-electron chi connectivity index (χ3n) is 3.27. The van der Waals surface area contributed by atoms with Gasteiger partial charge in [-0.2, -0.15) is 0 Å². The maximum atomic E-state index is 11.1. The molecule has 0 fully saturated rings. The number of nitrogens with two attached hydrogens (primary N) is 2. The Bertz CT molecular complexity index is 295. The van der Waals surface area contributed by atoms with Gasteiger partial charge in [0.1, 0.15) is 0 Å². The topological polar surface area (TPSA) is 105 Å². The molecule has 0 heterocycles. The van der Waals surface area contributed by atoms with Crippen molar-refractivity contribution in [3.63, 3.8) is 0 Å². The van der Waals surface area contributed by atoms with Gasteiger partial charge in [-0.05, 0) is 66.5 Å². The first-order valence-corrected chi connectivity index (χ1v) is 7.78. The van der Waals surface area contributed by atoms with Crippen LogP contribution in [-0.2, 0) is 0 Å². The van der Waals surface area contributed by atoms with Crippen molar-refractivity contribution in [1.82, 2.24) is 10.2 Å². The maximum absolute atomic E-state index is 11.1. The highest BCUT2D eigenvalue weighted by Crippen LogP contribution is 2.07. The molecule has 0 aromatic carbocycles. The summed E-state index contributed by atoms with van der Waals surface area (Å²) < 4.78 is 0. The fourth-order valence-electron chi connectivity index (χ4n) is 1.81. The lowest BCUT2D eigenvalue weighted by atomic mass is 10.0. The Morgan fingerprint density at radius 1 is 1.00 bits per heavy atom. The summed E-state index contributed by atoms with van der Waals surface area (Å²) in [5.41, 5.74) is 11.3. The maximum Gasteiger partial charge on any atom is 0.407 e. The van der Waals surface area contributed by atoms with Gasteiger partial charge in [0.25, 0.3) is 0 Å². The van der Waals surface area contributed by atoms with E-state index in [-0.39, 0.29) is 11.1 Å². The number of hydrogen-bond acceptors (Lipinski definition) is 4. The predicted molar refractivity (Wildman–Crippen MR) is 87.5 cm³/mol. The van der Waals surface area contributed by atoms with Crippen LogP contribution in [0.1, 0.15) is 53.4 Å². The van der Waals surface area contributed by atoms with Crippen molar-refractivity contribution in [2.45, 2.75) is 64.5 Å². The Morgan fingerprint density at radius 2 is 1.57 bits per heavy atom. The van der Waals surface area contributed by atoms with Gasteiger partial charge in [-0.1, -0.05) is 0 Å². The average Bonchev–Trinajstić information content (AvgIpc) is 2.28. The third kappa shape index (κ3) is 13.9. The second-order valence-corrected chi connectivity index (χ2v) is 7.20. The second-order valence-electron chi connectivity index (χ2n) is 7.20. The standard InChI is InChI=1S/C15H34N4O2/c1-14(2,16)7-10-18-9-5-6-11-19(13(20)21)12-8-15(3,4)17/h18H,5-12,16-17H2,1-4H3,(H,20,21). The van der Waals surface area contributed by atoms with E-state index in [9.17, 15) is 4.79 Å². The Kier molecular flexibility index (Phi) is 8.85. The van der Waals surface area contributed by atoms with E-state index in [0.717, 1.165) is 32.4 Å². The van der Waals surface area contributed by atoms with Gasteiger partial charge in [-0.3, -0.25) is 0 Å². The number of nitrogens with zero attached hydrogens (tertiary/aromatic N) is 1. The lowest BCUT2D eigenvalue weighted by Crippen LogP contribution is -2.39. The number of amides is 1. The Labute approximate surface area is 129 Å². The summed E-state index contributed by atoms with van der Waals surface area (Å²) in [5, 5.41) is 12.5. The molecule has 6 heteroatoms. The van der Waals surface area contributed by atoms with Gasteiger partial charge in [0.2, 0.25) is 0 Å². The summed E-state index contributed by atoms with van der Waals surface area (Å²) >= 11 is 0. The van der Waals surface area contributed by atoms with E-state index < -0.39 is 6.09 Å². The van der Waals surface area contributed by atoms with Crippen LogP contribution in [0.2, 0.25) is 0 Å². The molecule has 1 amide bonds. The Morgan fingerprint density at radius 3 is 2.05 bits per heavy atom. The molecule has 0 unspecified atom stereocenters. The minimum Gasteiger partial charge on any atom is -0.465 e. The molecule has 0 atom stereocenters. The lowest BCUT2D eigenvalue weighted by molar-refractivity contribution is 0.140. The SMILES string of the molecule is CC(C)(N)CCNCCCCN(CCC(C)(C)N)C(=O)O. The summed E-state index contributed by atoms with van der Waals surface area (Å²) in [6, 6.07) is 0. The van der Waals surface area contributed by atoms with Crippen LogP contribution in [-0.4, -0.2) is 53.4 Å². The Hall–Kier alpha value is -0.850. The van der Waals surface area contributed by atoms with Crippen molar-refractivity contribution in [3.05, 3.63) is 0 Å². The molecule has 0 aliphatic carbocycles. The highest BCUT2D eigenvalue weighted by atomic mass is 16.4. The van der Waals surface area contributed by atoms with Gasteiger partial charge in [0.05, 0.1) is 0 Å². The zero-order chi connectivity index (χ0) is 16.5. The van der Waals surface area contributed by atoms with E-state index in [0.29, 0.717) is 19.5 Å². The molecule has 0 aromatic rings. The highest BCUT2D eigenvalue weighted by Gasteiger charge is 2.16. The van der Waals surface area contributed by atoms with E-state index >= 15 is 0 Å². The first-order chi connectivity index (χ1) is 9.51. The molecule has 6 nitrogen and oxygen atoms in total. The number of hydrogen-bond donors (Lipinski definition) is 4. The molecule has 6 N–H and O–H groups in total. The van der Waals surface area contributed by atoms with Gasteiger partial charge in [0, 0.05) is 24.2 Å². The molecular formula is C15H34N4O2. The monoisotopic (exact) mass is 302 g/mol. The molecule has 126 valence electrons. The summed E-state index contributed by atoms with van der Waals surface area (Å²) in [6.07, 6.45) is 2.55. The average molecular weight is 302 g/mol. The molecular weight excluding hydrogens is 268 g/mol. The molecule has 0 radical (unpaired) electrons. The molecule has 0 spiro atoms. The molecule has 0 saturated heterocycles. The van der Waals surface area contributed by atoms with Gasteiger partial charge < -0.3 is 26.8 Å². The van der Waals surface area contributed by atoms with E-state index in [1.807, 2.05) is 27.7 Å². The van der Waals surface area contributed by atoms with Gasteiger partial charge >= 0.3 is 6.09 Å². The number of carboxylic acid groups (broad SMARTS) is 1. The highest BCUT2D eigenvalue weighted by molar-refractivity contribution is 5.64.